The van der Waals surface area contributed by atoms with Gasteiger partial charge in [-0.15, -0.1) is 0 Å². The van der Waals surface area contributed by atoms with Gasteiger partial charge in [0.05, 0.1) is 4.90 Å². The van der Waals surface area contributed by atoms with Crippen LogP contribution in [-0.2, 0) is 9.84 Å². The first-order valence-corrected chi connectivity index (χ1v) is 8.10. The third-order valence-corrected chi connectivity index (χ3v) is 5.14. The number of halogens is 3. The standard InChI is InChI=1S/C14H20F3NO2S/c1-9(2)13(10(3)18-4)11-7-5-6-8-12(11)21(19,20)14(15,16)17/h5-10,13,18H,1-4H3. The molecule has 0 spiro atoms. The Labute approximate surface area is 123 Å². The van der Waals surface area contributed by atoms with Crippen molar-refractivity contribution in [2.24, 2.45) is 5.92 Å². The predicted molar refractivity (Wildman–Crippen MR) is 75.8 cm³/mol. The average molecular weight is 323 g/mol. The molecule has 0 fully saturated rings. The highest BCUT2D eigenvalue weighted by molar-refractivity contribution is 7.92. The second-order valence-electron chi connectivity index (χ2n) is 5.33. The molecule has 1 aromatic rings. The zero-order valence-electron chi connectivity index (χ0n) is 12.4. The Kier molecular flexibility index (Phi) is 5.44. The number of alkyl halides is 3. The molecule has 0 radical (unpaired) electrons. The van der Waals surface area contributed by atoms with Crippen LogP contribution in [0.5, 0.6) is 0 Å². The fraction of sp³-hybridized carbons (Fsp3) is 0.571. The zero-order valence-corrected chi connectivity index (χ0v) is 13.2. The molecular formula is C14H20F3NO2S. The van der Waals surface area contributed by atoms with Crippen LogP contribution in [-0.4, -0.2) is 27.0 Å². The van der Waals surface area contributed by atoms with E-state index < -0.39 is 20.2 Å². The Morgan fingerprint density at radius 3 is 2.05 bits per heavy atom. The lowest BCUT2D eigenvalue weighted by molar-refractivity contribution is -0.0436. The first-order chi connectivity index (χ1) is 9.54. The van der Waals surface area contributed by atoms with E-state index in [4.69, 9.17) is 0 Å². The molecule has 0 bridgehead atoms. The number of nitrogens with one attached hydrogen (secondary N) is 1. The summed E-state index contributed by atoms with van der Waals surface area (Å²) in [6, 6.07) is 5.19. The first-order valence-electron chi connectivity index (χ1n) is 6.61. The van der Waals surface area contributed by atoms with Gasteiger partial charge in [0.25, 0.3) is 9.84 Å². The number of sulfone groups is 1. The van der Waals surface area contributed by atoms with Crippen molar-refractivity contribution in [1.29, 1.82) is 0 Å². The molecule has 0 amide bonds. The molecule has 2 atom stereocenters. The van der Waals surface area contributed by atoms with Crippen molar-refractivity contribution in [3.05, 3.63) is 29.8 Å². The summed E-state index contributed by atoms with van der Waals surface area (Å²) < 4.78 is 62.1. The summed E-state index contributed by atoms with van der Waals surface area (Å²) in [6.07, 6.45) is 0. The van der Waals surface area contributed by atoms with Crippen molar-refractivity contribution in [2.45, 2.75) is 43.1 Å². The normalized spacial score (nSPS) is 16.0. The molecule has 0 aromatic heterocycles. The third-order valence-electron chi connectivity index (χ3n) is 3.58. The van der Waals surface area contributed by atoms with Crippen molar-refractivity contribution in [3.63, 3.8) is 0 Å². The van der Waals surface area contributed by atoms with Crippen molar-refractivity contribution >= 4 is 9.84 Å². The van der Waals surface area contributed by atoms with Crippen molar-refractivity contribution in [1.82, 2.24) is 5.32 Å². The molecule has 1 N–H and O–H groups in total. The molecule has 0 aliphatic heterocycles. The summed E-state index contributed by atoms with van der Waals surface area (Å²) in [7, 11) is -3.66. The minimum atomic E-state index is -5.36. The van der Waals surface area contributed by atoms with Gasteiger partial charge in [0.1, 0.15) is 0 Å². The quantitative estimate of drug-likeness (QED) is 0.904. The molecule has 1 aromatic carbocycles. The Bertz CT molecular complexity index is 582. The zero-order chi connectivity index (χ0) is 16.4. The van der Waals surface area contributed by atoms with Crippen LogP contribution in [0.25, 0.3) is 0 Å². The van der Waals surface area contributed by atoms with Crippen molar-refractivity contribution in [3.8, 4) is 0 Å². The van der Waals surface area contributed by atoms with Gasteiger partial charge in [-0.25, -0.2) is 8.42 Å². The minimum absolute atomic E-state index is 0.0166. The molecule has 120 valence electrons. The lowest BCUT2D eigenvalue weighted by Crippen LogP contribution is -2.34. The van der Waals surface area contributed by atoms with Crippen LogP contribution in [0.3, 0.4) is 0 Å². The van der Waals surface area contributed by atoms with Crippen LogP contribution in [0.2, 0.25) is 0 Å². The van der Waals surface area contributed by atoms with Gasteiger partial charge in [-0.1, -0.05) is 32.0 Å². The molecule has 0 heterocycles. The van der Waals surface area contributed by atoms with Crippen LogP contribution < -0.4 is 5.32 Å². The van der Waals surface area contributed by atoms with E-state index in [0.29, 0.717) is 0 Å². The topological polar surface area (TPSA) is 46.2 Å². The van der Waals surface area contributed by atoms with Crippen LogP contribution >= 0.6 is 0 Å². The Hall–Kier alpha value is -1.08. The smallest absolute Gasteiger partial charge is 0.317 e. The van der Waals surface area contributed by atoms with Gasteiger partial charge in [0.15, 0.2) is 0 Å². The minimum Gasteiger partial charge on any atom is -0.317 e. The summed E-state index contributed by atoms with van der Waals surface area (Å²) in [5.41, 5.74) is -5.10. The van der Waals surface area contributed by atoms with Gasteiger partial charge in [0, 0.05) is 12.0 Å². The van der Waals surface area contributed by atoms with Gasteiger partial charge in [-0.05, 0) is 31.5 Å². The van der Waals surface area contributed by atoms with E-state index in [-0.39, 0.29) is 23.4 Å². The Morgan fingerprint density at radius 2 is 1.62 bits per heavy atom. The molecule has 2 unspecified atom stereocenters. The lowest BCUT2D eigenvalue weighted by Gasteiger charge is -2.29. The second-order valence-corrected chi connectivity index (χ2v) is 7.24. The first kappa shape index (κ1) is 18.0. The lowest BCUT2D eigenvalue weighted by atomic mass is 9.83. The highest BCUT2D eigenvalue weighted by Crippen LogP contribution is 2.38. The van der Waals surface area contributed by atoms with E-state index in [1.54, 1.807) is 13.1 Å². The van der Waals surface area contributed by atoms with Crippen LogP contribution in [0, 0.1) is 5.92 Å². The SMILES string of the molecule is CNC(C)C(c1ccccc1S(=O)(=O)C(F)(F)F)C(C)C. The summed E-state index contributed by atoms with van der Waals surface area (Å²) in [6.45, 7) is 5.53. The highest BCUT2D eigenvalue weighted by atomic mass is 32.2. The van der Waals surface area contributed by atoms with Gasteiger partial charge in [-0.2, -0.15) is 13.2 Å². The van der Waals surface area contributed by atoms with Crippen molar-refractivity contribution < 1.29 is 21.6 Å². The molecule has 0 aliphatic carbocycles. The van der Waals surface area contributed by atoms with Gasteiger partial charge in [0.2, 0.25) is 0 Å². The molecule has 0 saturated heterocycles. The van der Waals surface area contributed by atoms with Gasteiger partial charge in [-0.3, -0.25) is 0 Å². The van der Waals surface area contributed by atoms with Gasteiger partial charge >= 0.3 is 5.51 Å². The van der Waals surface area contributed by atoms with Gasteiger partial charge < -0.3 is 5.32 Å². The summed E-state index contributed by atoms with van der Waals surface area (Å²) in [5.74, 6) is -0.361. The predicted octanol–water partition coefficient (Wildman–Crippen LogP) is 3.33. The largest absolute Gasteiger partial charge is 0.501 e. The number of benzene rings is 1. The maximum Gasteiger partial charge on any atom is 0.501 e. The maximum absolute atomic E-state index is 12.8. The van der Waals surface area contributed by atoms with E-state index in [1.807, 2.05) is 20.8 Å². The number of hydrogen-bond donors (Lipinski definition) is 1. The molecule has 7 heteroatoms. The molecule has 21 heavy (non-hydrogen) atoms. The Balaban J connectivity index is 3.53. The second kappa shape index (κ2) is 6.36. The number of rotatable bonds is 5. The molecule has 0 saturated carbocycles. The summed E-state index contributed by atoms with van der Waals surface area (Å²) >= 11 is 0. The van der Waals surface area contributed by atoms with E-state index in [2.05, 4.69) is 5.32 Å². The van der Waals surface area contributed by atoms with E-state index in [1.165, 1.54) is 12.1 Å². The monoisotopic (exact) mass is 323 g/mol. The van der Waals surface area contributed by atoms with E-state index in [0.717, 1.165) is 6.07 Å². The molecule has 3 nitrogen and oxygen atoms in total. The van der Waals surface area contributed by atoms with Crippen LogP contribution in [0.4, 0.5) is 13.2 Å². The van der Waals surface area contributed by atoms with E-state index in [9.17, 15) is 21.6 Å². The molecular weight excluding hydrogens is 303 g/mol. The molecule has 1 rings (SSSR count). The van der Waals surface area contributed by atoms with E-state index >= 15 is 0 Å². The van der Waals surface area contributed by atoms with Crippen LogP contribution in [0.15, 0.2) is 29.2 Å². The highest BCUT2D eigenvalue weighted by Gasteiger charge is 2.48. The third kappa shape index (κ3) is 3.58. The Morgan fingerprint density at radius 1 is 1.10 bits per heavy atom. The maximum atomic E-state index is 12.8. The van der Waals surface area contributed by atoms with Crippen LogP contribution in [0.1, 0.15) is 32.3 Å². The number of hydrogen-bond acceptors (Lipinski definition) is 3. The number of likely N-dealkylation sites (N-methyl/N-ethyl adjacent to an activating group) is 1. The fourth-order valence-electron chi connectivity index (χ4n) is 2.51. The molecule has 0 aliphatic rings. The van der Waals surface area contributed by atoms with Crippen molar-refractivity contribution in [2.75, 3.05) is 7.05 Å². The summed E-state index contributed by atoms with van der Waals surface area (Å²) in [5, 5.41) is 2.99. The summed E-state index contributed by atoms with van der Waals surface area (Å²) in [4.78, 5) is -0.654. The fourth-order valence-corrected chi connectivity index (χ4v) is 3.53. The average Bonchev–Trinajstić information content (AvgIpc) is 2.37.